The first-order valence-electron chi connectivity index (χ1n) is 1.39. The van der Waals surface area contributed by atoms with Crippen LogP contribution in [0.5, 0.6) is 0 Å². The smallest absolute Gasteiger partial charge is 0.0579 e. The third-order valence-corrected chi connectivity index (χ3v) is 0.167. The monoisotopic (exact) mass is 109 g/mol. The van der Waals surface area contributed by atoms with Gasteiger partial charge in [0.1, 0.15) is 0 Å². The maximum Gasteiger partial charge on any atom is 0.0579 e. The lowest BCUT2D eigenvalue weighted by Gasteiger charge is -1.61. The molecule has 38 valence electrons. The standard InChI is InChI=1S/C3H7N.ClHO/c1-2-3-4;1-2/h2H,1,3-4H2;2H. The van der Waals surface area contributed by atoms with Crippen molar-refractivity contribution < 1.29 is 4.66 Å². The van der Waals surface area contributed by atoms with Gasteiger partial charge in [-0.15, -0.1) is 6.58 Å². The van der Waals surface area contributed by atoms with Crippen LogP contribution in [0.15, 0.2) is 12.7 Å². The van der Waals surface area contributed by atoms with Crippen LogP contribution < -0.4 is 5.73 Å². The zero-order valence-electron chi connectivity index (χ0n) is 3.39. The summed E-state index contributed by atoms with van der Waals surface area (Å²) >= 11 is 3.64. The normalized spacial score (nSPS) is 5.17. The van der Waals surface area contributed by atoms with Crippen LogP contribution in [0.4, 0.5) is 0 Å². The molecule has 0 aliphatic heterocycles. The largest absolute Gasteiger partial charge is 0.327 e. The molecule has 0 aliphatic rings. The lowest BCUT2D eigenvalue weighted by Crippen LogP contribution is -1.90. The fraction of sp³-hybridized carbons (Fsp3) is 0.333. The summed E-state index contributed by atoms with van der Waals surface area (Å²) in [7, 11) is 0. The van der Waals surface area contributed by atoms with E-state index in [1.165, 1.54) is 0 Å². The first-order chi connectivity index (χ1) is 2.91. The Bertz CT molecular complexity index is 24.8. The summed E-state index contributed by atoms with van der Waals surface area (Å²) < 4.78 is 6.47. The molecule has 0 aromatic carbocycles. The van der Waals surface area contributed by atoms with Crippen LogP contribution in [-0.4, -0.2) is 11.2 Å². The average molecular weight is 110 g/mol. The van der Waals surface area contributed by atoms with Gasteiger partial charge in [0.25, 0.3) is 0 Å². The molecule has 0 fully saturated rings. The lowest BCUT2D eigenvalue weighted by molar-refractivity contribution is 0.632. The van der Waals surface area contributed by atoms with E-state index in [0.29, 0.717) is 6.54 Å². The van der Waals surface area contributed by atoms with E-state index in [4.69, 9.17) is 10.4 Å². The van der Waals surface area contributed by atoms with E-state index in [2.05, 4.69) is 18.4 Å². The van der Waals surface area contributed by atoms with Crippen molar-refractivity contribution in [3.63, 3.8) is 0 Å². The van der Waals surface area contributed by atoms with Crippen molar-refractivity contribution in [1.82, 2.24) is 0 Å². The molecule has 2 nitrogen and oxygen atoms in total. The van der Waals surface area contributed by atoms with Crippen LogP contribution in [0.1, 0.15) is 0 Å². The second kappa shape index (κ2) is 20.3. The van der Waals surface area contributed by atoms with Crippen molar-refractivity contribution >= 4 is 11.9 Å². The topological polar surface area (TPSA) is 46.2 Å². The molecule has 0 aliphatic carbocycles. The molecule has 0 saturated heterocycles. The second-order valence-electron chi connectivity index (χ2n) is 0.524. The number of hydrogen-bond acceptors (Lipinski definition) is 2. The van der Waals surface area contributed by atoms with Gasteiger partial charge in [-0.25, -0.2) is 0 Å². The van der Waals surface area contributed by atoms with Gasteiger partial charge in [-0.3, -0.25) is 4.66 Å². The molecule has 0 spiro atoms. The molecular weight excluding hydrogens is 101 g/mol. The van der Waals surface area contributed by atoms with Gasteiger partial charge in [0.05, 0.1) is 11.9 Å². The minimum Gasteiger partial charge on any atom is -0.327 e. The van der Waals surface area contributed by atoms with Crippen LogP contribution in [0.2, 0.25) is 0 Å². The highest BCUT2D eigenvalue weighted by Gasteiger charge is 1.43. The van der Waals surface area contributed by atoms with Crippen molar-refractivity contribution in [2.75, 3.05) is 6.54 Å². The van der Waals surface area contributed by atoms with Crippen LogP contribution in [-0.2, 0) is 0 Å². The van der Waals surface area contributed by atoms with Crippen LogP contribution in [0.25, 0.3) is 0 Å². The van der Waals surface area contributed by atoms with Gasteiger partial charge in [-0.05, 0) is 0 Å². The molecule has 0 amide bonds. The zero-order valence-corrected chi connectivity index (χ0v) is 4.15. The highest BCUT2D eigenvalue weighted by molar-refractivity contribution is 6.04. The quantitative estimate of drug-likeness (QED) is 0.475. The fourth-order valence-electron chi connectivity index (χ4n) is 0. The van der Waals surface area contributed by atoms with Crippen molar-refractivity contribution in [2.45, 2.75) is 0 Å². The summed E-state index contributed by atoms with van der Waals surface area (Å²) in [5, 5.41) is 0. The third kappa shape index (κ3) is 38.1. The summed E-state index contributed by atoms with van der Waals surface area (Å²) in [6, 6.07) is 0. The van der Waals surface area contributed by atoms with Gasteiger partial charge in [0.15, 0.2) is 0 Å². The Kier molecular flexibility index (Phi) is 31.6. The number of nitrogens with two attached hydrogens (primary N) is 1. The van der Waals surface area contributed by atoms with Gasteiger partial charge in [0.2, 0.25) is 0 Å². The molecule has 3 heteroatoms. The molecule has 0 aromatic heterocycles. The minimum absolute atomic E-state index is 0.583. The lowest BCUT2D eigenvalue weighted by atomic mass is 10.7. The maximum atomic E-state index is 6.47. The Morgan fingerprint density at radius 2 is 2.00 bits per heavy atom. The summed E-state index contributed by atoms with van der Waals surface area (Å²) in [5.41, 5.74) is 4.91. The number of halogens is 1. The van der Waals surface area contributed by atoms with E-state index < -0.39 is 0 Å². The molecule has 0 aromatic rings. The number of rotatable bonds is 1. The van der Waals surface area contributed by atoms with E-state index in [1.54, 1.807) is 6.08 Å². The predicted octanol–water partition coefficient (Wildman–Crippen LogP) is 0.264. The van der Waals surface area contributed by atoms with Gasteiger partial charge >= 0.3 is 0 Å². The molecule has 3 N–H and O–H groups in total. The Morgan fingerprint density at radius 1 is 1.83 bits per heavy atom. The molecule has 0 rings (SSSR count). The summed E-state index contributed by atoms with van der Waals surface area (Å²) in [6.45, 7) is 3.94. The predicted molar refractivity (Wildman–Crippen MR) is 27.3 cm³/mol. The first kappa shape index (κ1) is 9.34. The molecule has 0 unspecified atom stereocenters. The maximum absolute atomic E-state index is 6.47. The van der Waals surface area contributed by atoms with Gasteiger partial charge < -0.3 is 5.73 Å². The molecule has 0 radical (unpaired) electrons. The van der Waals surface area contributed by atoms with E-state index in [-0.39, 0.29) is 0 Å². The highest BCUT2D eigenvalue weighted by Crippen LogP contribution is 1.40. The van der Waals surface area contributed by atoms with E-state index in [0.717, 1.165) is 0 Å². The first-order valence-corrected chi connectivity index (χ1v) is 1.73. The zero-order chi connectivity index (χ0) is 5.41. The van der Waals surface area contributed by atoms with E-state index >= 15 is 0 Å². The summed E-state index contributed by atoms with van der Waals surface area (Å²) in [4.78, 5) is 0. The Balaban J connectivity index is 0. The molecule has 0 bridgehead atoms. The average Bonchev–Trinajstić information content (AvgIpc) is 1.72. The van der Waals surface area contributed by atoms with Gasteiger partial charge in [-0.2, -0.15) is 0 Å². The Morgan fingerprint density at radius 3 is 2.00 bits per heavy atom. The van der Waals surface area contributed by atoms with Crippen LogP contribution in [0, 0.1) is 0 Å². The van der Waals surface area contributed by atoms with Gasteiger partial charge in [0, 0.05) is 6.54 Å². The van der Waals surface area contributed by atoms with Crippen molar-refractivity contribution in [3.8, 4) is 0 Å². The number of hydrogen-bond donors (Lipinski definition) is 2. The van der Waals surface area contributed by atoms with Crippen molar-refractivity contribution in [2.24, 2.45) is 5.73 Å². The molecule has 0 saturated carbocycles. The van der Waals surface area contributed by atoms with Crippen molar-refractivity contribution in [3.05, 3.63) is 12.7 Å². The molecule has 6 heavy (non-hydrogen) atoms. The SMILES string of the molecule is C=CCN.OCl. The minimum atomic E-state index is 0.583. The van der Waals surface area contributed by atoms with Crippen LogP contribution in [0.3, 0.4) is 0 Å². The Labute approximate surface area is 42.4 Å². The molecule has 0 heterocycles. The molecular formula is C3H8ClNO. The van der Waals surface area contributed by atoms with Gasteiger partial charge in [-0.1, -0.05) is 6.08 Å². The van der Waals surface area contributed by atoms with Crippen molar-refractivity contribution in [1.29, 1.82) is 0 Å². The third-order valence-electron chi connectivity index (χ3n) is 0.167. The summed E-state index contributed by atoms with van der Waals surface area (Å²) in [6.07, 6.45) is 1.65. The molecule has 0 atom stereocenters. The summed E-state index contributed by atoms with van der Waals surface area (Å²) in [5.74, 6) is 0. The highest BCUT2D eigenvalue weighted by atomic mass is 35.5. The fourth-order valence-corrected chi connectivity index (χ4v) is 0. The van der Waals surface area contributed by atoms with E-state index in [1.807, 2.05) is 0 Å². The Hall–Kier alpha value is -0.0500. The second-order valence-corrected chi connectivity index (χ2v) is 0.524. The van der Waals surface area contributed by atoms with Crippen LogP contribution >= 0.6 is 11.9 Å². The van der Waals surface area contributed by atoms with E-state index in [9.17, 15) is 0 Å².